The van der Waals surface area contributed by atoms with Gasteiger partial charge in [0.15, 0.2) is 11.0 Å². The topological polar surface area (TPSA) is 85.0 Å². The third kappa shape index (κ3) is 7.99. The van der Waals surface area contributed by atoms with E-state index < -0.39 is 12.4 Å². The number of aromatic nitrogens is 3. The molecular formula is C33H33F3N6O2S. The lowest BCUT2D eigenvalue weighted by Crippen LogP contribution is -2.42. The lowest BCUT2D eigenvalue weighted by atomic mass is 9.95. The summed E-state index contributed by atoms with van der Waals surface area (Å²) in [6.07, 6.45) is -0.274. The number of aryl methyl sites for hydroxylation is 1. The first-order valence-corrected chi connectivity index (χ1v) is 15.5. The van der Waals surface area contributed by atoms with Crippen molar-refractivity contribution in [2.24, 2.45) is 9.98 Å². The summed E-state index contributed by atoms with van der Waals surface area (Å²) in [7, 11) is 0. The zero-order valence-corrected chi connectivity index (χ0v) is 26.1. The molecule has 45 heavy (non-hydrogen) atoms. The van der Waals surface area contributed by atoms with E-state index in [-0.39, 0.29) is 11.8 Å². The normalized spacial score (nSPS) is 16.6. The van der Waals surface area contributed by atoms with Crippen LogP contribution in [0.25, 0.3) is 17.1 Å². The number of rotatable bonds is 7. The van der Waals surface area contributed by atoms with Gasteiger partial charge in [0.05, 0.1) is 5.69 Å². The van der Waals surface area contributed by atoms with Crippen molar-refractivity contribution in [3.63, 3.8) is 0 Å². The molecule has 12 heteroatoms. The van der Waals surface area contributed by atoms with Crippen LogP contribution in [0.1, 0.15) is 49.8 Å². The molecule has 8 nitrogen and oxygen atoms in total. The average molecular weight is 635 g/mol. The van der Waals surface area contributed by atoms with E-state index in [0.29, 0.717) is 29.0 Å². The number of hydrogen-bond acceptors (Lipinski definition) is 5. The molecule has 0 saturated carbocycles. The van der Waals surface area contributed by atoms with E-state index in [1.54, 1.807) is 18.0 Å². The highest BCUT2D eigenvalue weighted by atomic mass is 32.2. The van der Waals surface area contributed by atoms with E-state index >= 15 is 0 Å². The Kier molecular flexibility index (Phi) is 9.71. The minimum absolute atomic E-state index is 0.207. The number of amides is 2. The smallest absolute Gasteiger partial charge is 0.406 e. The minimum Gasteiger partial charge on any atom is -0.406 e. The summed E-state index contributed by atoms with van der Waals surface area (Å²) in [5.74, 6) is 1.36. The lowest BCUT2D eigenvalue weighted by molar-refractivity contribution is -0.274. The fourth-order valence-electron chi connectivity index (χ4n) is 5.21. The minimum atomic E-state index is -4.75. The highest BCUT2D eigenvalue weighted by Gasteiger charge is 2.31. The van der Waals surface area contributed by atoms with Crippen LogP contribution in [0.3, 0.4) is 0 Å². The Morgan fingerprint density at radius 2 is 1.84 bits per heavy atom. The number of halogens is 3. The van der Waals surface area contributed by atoms with E-state index in [0.717, 1.165) is 29.0 Å². The third-order valence-electron chi connectivity index (χ3n) is 7.31. The Labute approximate surface area is 264 Å². The number of amidine groups is 1. The molecule has 0 spiro atoms. The van der Waals surface area contributed by atoms with Gasteiger partial charge in [-0.1, -0.05) is 62.0 Å². The van der Waals surface area contributed by atoms with Crippen molar-refractivity contribution in [3.05, 3.63) is 89.7 Å². The number of thioether (sulfide) groups is 1. The molecule has 1 aliphatic heterocycles. The van der Waals surface area contributed by atoms with Gasteiger partial charge < -0.3 is 9.64 Å². The maximum Gasteiger partial charge on any atom is 0.573 e. The van der Waals surface area contributed by atoms with Crippen LogP contribution in [0.5, 0.6) is 5.75 Å². The number of aliphatic imine (C=N–C) groups is 2. The van der Waals surface area contributed by atoms with Crippen molar-refractivity contribution < 1.29 is 22.7 Å². The lowest BCUT2D eigenvalue weighted by Gasteiger charge is -2.37. The molecular weight excluding hydrogens is 601 g/mol. The van der Waals surface area contributed by atoms with Crippen LogP contribution in [0.2, 0.25) is 0 Å². The Morgan fingerprint density at radius 1 is 1.11 bits per heavy atom. The third-order valence-corrected chi connectivity index (χ3v) is 8.30. The van der Waals surface area contributed by atoms with Gasteiger partial charge in [-0.2, -0.15) is 4.99 Å². The van der Waals surface area contributed by atoms with Crippen molar-refractivity contribution in [1.82, 2.24) is 14.8 Å². The number of carbonyl (C=O) groups is 1. The Hall–Kier alpha value is -4.45. The van der Waals surface area contributed by atoms with E-state index in [4.69, 9.17) is 0 Å². The van der Waals surface area contributed by atoms with Crippen LogP contribution in [0.4, 0.5) is 23.7 Å². The molecule has 0 radical (unpaired) electrons. The molecule has 3 aromatic carbocycles. The fraction of sp³-hybridized carbons (Fsp3) is 0.303. The monoisotopic (exact) mass is 634 g/mol. The number of alkyl halides is 3. The molecule has 234 valence electrons. The second-order valence-corrected chi connectivity index (χ2v) is 12.0. The predicted molar refractivity (Wildman–Crippen MR) is 173 cm³/mol. The van der Waals surface area contributed by atoms with Gasteiger partial charge in [-0.15, -0.1) is 18.3 Å². The van der Waals surface area contributed by atoms with Crippen molar-refractivity contribution in [2.75, 3.05) is 10.7 Å². The van der Waals surface area contributed by atoms with Crippen LogP contribution >= 0.6 is 11.8 Å². The first-order chi connectivity index (χ1) is 21.5. The van der Waals surface area contributed by atoms with Gasteiger partial charge in [-0.05, 0) is 73.2 Å². The maximum absolute atomic E-state index is 12.8. The van der Waals surface area contributed by atoms with E-state index in [1.165, 1.54) is 46.4 Å². The molecule has 1 aromatic heterocycles. The first-order valence-electron chi connectivity index (χ1n) is 14.5. The summed E-state index contributed by atoms with van der Waals surface area (Å²) in [4.78, 5) is 27.8. The molecule has 0 aliphatic carbocycles. The van der Waals surface area contributed by atoms with E-state index in [2.05, 4.69) is 69.5 Å². The van der Waals surface area contributed by atoms with Crippen molar-refractivity contribution >= 4 is 34.9 Å². The van der Waals surface area contributed by atoms with Gasteiger partial charge in [-0.25, -0.2) is 19.5 Å². The highest BCUT2D eigenvalue weighted by Crippen LogP contribution is 2.36. The molecule has 1 unspecified atom stereocenters. The molecule has 0 bridgehead atoms. The highest BCUT2D eigenvalue weighted by molar-refractivity contribution is 8.14. The van der Waals surface area contributed by atoms with Gasteiger partial charge in [0.1, 0.15) is 12.1 Å². The van der Waals surface area contributed by atoms with E-state index in [1.807, 2.05) is 30.3 Å². The van der Waals surface area contributed by atoms with Crippen LogP contribution in [0.15, 0.2) is 83.0 Å². The summed E-state index contributed by atoms with van der Waals surface area (Å²) in [5.41, 5.74) is 5.80. The molecule has 1 atom stereocenters. The zero-order chi connectivity index (χ0) is 32.1. The van der Waals surface area contributed by atoms with Crippen LogP contribution in [0, 0.1) is 6.92 Å². The SMILES string of the molecule is Cc1cccc(N2C(=NC(=O)N=CCc3ccc(-c4ncn(-c5ccc(OC(F)(F)F)cc5)n4)cc3)SCCC2C)c1C(C)C. The summed E-state index contributed by atoms with van der Waals surface area (Å²) in [6, 6.07) is 18.8. The Bertz CT molecular complexity index is 1700. The van der Waals surface area contributed by atoms with Crippen molar-refractivity contribution in [1.29, 1.82) is 0 Å². The molecule has 2 heterocycles. The largest absolute Gasteiger partial charge is 0.573 e. The molecule has 5 rings (SSSR count). The number of benzene rings is 3. The number of ether oxygens (including phenoxy) is 1. The van der Waals surface area contributed by atoms with Crippen molar-refractivity contribution in [2.45, 2.75) is 58.9 Å². The van der Waals surface area contributed by atoms with Gasteiger partial charge in [0, 0.05) is 35.7 Å². The van der Waals surface area contributed by atoms with Crippen LogP contribution < -0.4 is 9.64 Å². The quantitative estimate of drug-likeness (QED) is 0.190. The molecule has 2 amide bonds. The maximum atomic E-state index is 12.8. The standard InChI is InChI=1S/C33H33F3N6O2S/c1-21(2)29-22(3)6-5-7-28(29)42-23(4)17-19-45-32(42)39-31(43)37-18-16-24-8-10-25(11-9-24)30-38-20-41(40-30)26-12-14-27(15-13-26)44-33(34,35)36/h5-15,18,20-21,23H,16-17,19H2,1-4H3. The summed E-state index contributed by atoms with van der Waals surface area (Å²) in [5, 5.41) is 5.10. The number of anilines is 1. The summed E-state index contributed by atoms with van der Waals surface area (Å²) < 4.78 is 42.6. The molecule has 4 aromatic rings. The number of hydrogen-bond donors (Lipinski definition) is 0. The average Bonchev–Trinajstić information content (AvgIpc) is 3.47. The van der Waals surface area contributed by atoms with Crippen molar-refractivity contribution in [3.8, 4) is 22.8 Å². The molecule has 1 fully saturated rings. The van der Waals surface area contributed by atoms with Crippen LogP contribution in [-0.4, -0.2) is 50.3 Å². The molecule has 0 N–H and O–H groups in total. The Morgan fingerprint density at radius 3 is 2.53 bits per heavy atom. The second kappa shape index (κ2) is 13.7. The van der Waals surface area contributed by atoms with Gasteiger partial charge in [0.25, 0.3) is 0 Å². The first kappa shape index (κ1) is 32.0. The molecule has 1 aliphatic rings. The number of carbonyl (C=O) groups excluding carboxylic acids is 1. The Balaban J connectivity index is 1.23. The zero-order valence-electron chi connectivity index (χ0n) is 25.3. The number of nitrogens with zero attached hydrogens (tertiary/aromatic N) is 6. The van der Waals surface area contributed by atoms with Gasteiger partial charge >= 0.3 is 12.4 Å². The number of urea groups is 1. The predicted octanol–water partition coefficient (Wildman–Crippen LogP) is 8.39. The van der Waals surface area contributed by atoms with Crippen LogP contribution in [-0.2, 0) is 6.42 Å². The van der Waals surface area contributed by atoms with E-state index in [9.17, 15) is 18.0 Å². The fourth-order valence-corrected chi connectivity index (χ4v) is 6.41. The van der Waals surface area contributed by atoms with Gasteiger partial charge in [-0.3, -0.25) is 0 Å². The molecule has 1 saturated heterocycles. The van der Waals surface area contributed by atoms with Gasteiger partial charge in [0.2, 0.25) is 0 Å². The summed E-state index contributed by atoms with van der Waals surface area (Å²) >= 11 is 1.58. The summed E-state index contributed by atoms with van der Waals surface area (Å²) in [6.45, 7) is 8.63. The second-order valence-electron chi connectivity index (χ2n) is 11.0.